The predicted octanol–water partition coefficient (Wildman–Crippen LogP) is 2.65. The molecule has 13 heavy (non-hydrogen) atoms. The van der Waals surface area contributed by atoms with Crippen molar-refractivity contribution in [3.05, 3.63) is 12.3 Å². The van der Waals surface area contributed by atoms with Crippen molar-refractivity contribution in [1.29, 1.82) is 0 Å². The minimum atomic E-state index is -4.96. The van der Waals surface area contributed by atoms with Crippen molar-refractivity contribution in [2.45, 2.75) is 26.9 Å². The van der Waals surface area contributed by atoms with E-state index < -0.39 is 17.6 Å². The maximum Gasteiger partial charge on any atom is 0.491 e. The van der Waals surface area contributed by atoms with E-state index in [1.807, 2.05) is 0 Å². The fraction of sp³-hybridized carbons (Fsp3) is 0.625. The molecule has 0 saturated heterocycles. The van der Waals surface area contributed by atoms with Crippen LogP contribution in [0.1, 0.15) is 20.8 Å². The van der Waals surface area contributed by atoms with E-state index in [9.17, 15) is 18.0 Å². The fourth-order valence-corrected chi connectivity index (χ4v) is 0.323. The molecule has 0 atom stereocenters. The van der Waals surface area contributed by atoms with Gasteiger partial charge in [-0.25, -0.2) is 4.79 Å². The Morgan fingerprint density at radius 3 is 1.85 bits per heavy atom. The quantitative estimate of drug-likeness (QED) is 0.476. The number of carbonyl (C=O) groups is 1. The molecule has 0 heterocycles. The second-order valence-electron chi connectivity index (χ2n) is 3.56. The van der Waals surface area contributed by atoms with Gasteiger partial charge in [0.05, 0.1) is 0 Å². The molecule has 0 aliphatic carbocycles. The summed E-state index contributed by atoms with van der Waals surface area (Å²) >= 11 is 0. The Morgan fingerprint density at radius 1 is 1.23 bits per heavy atom. The predicted molar refractivity (Wildman–Crippen MR) is 40.7 cm³/mol. The topological polar surface area (TPSA) is 26.3 Å². The number of carbonyl (C=O) groups excluding carboxylic acids is 1. The number of rotatable bonds is 1. The van der Waals surface area contributed by atoms with Gasteiger partial charge in [0.25, 0.3) is 0 Å². The highest BCUT2D eigenvalue weighted by Gasteiger charge is 2.42. The first-order valence-corrected chi connectivity index (χ1v) is 3.53. The summed E-state index contributed by atoms with van der Waals surface area (Å²) in [7, 11) is 0. The zero-order valence-corrected chi connectivity index (χ0v) is 7.66. The molecule has 0 spiro atoms. The lowest BCUT2D eigenvalue weighted by Gasteiger charge is -2.20. The largest absolute Gasteiger partial charge is 0.491 e. The summed E-state index contributed by atoms with van der Waals surface area (Å²) < 4.78 is 39.1. The third kappa shape index (κ3) is 3.96. The number of hydrogen-bond acceptors (Lipinski definition) is 2. The van der Waals surface area contributed by atoms with Gasteiger partial charge in [-0.1, -0.05) is 27.4 Å². The van der Waals surface area contributed by atoms with Crippen LogP contribution >= 0.6 is 0 Å². The molecule has 0 bridgehead atoms. The highest BCUT2D eigenvalue weighted by atomic mass is 19.4. The zero-order chi connectivity index (χ0) is 10.9. The standard InChI is InChI=1S/C8H11F3O2/c1-5(7(2,3)4)13-6(12)8(9,10)11/h1H2,2-4H3. The normalized spacial score (nSPS) is 12.5. The first kappa shape index (κ1) is 12.0. The van der Waals surface area contributed by atoms with E-state index in [1.54, 1.807) is 20.8 Å². The SMILES string of the molecule is C=C(OC(=O)C(F)(F)F)C(C)(C)C. The average Bonchev–Trinajstić information content (AvgIpc) is 1.82. The van der Waals surface area contributed by atoms with E-state index >= 15 is 0 Å². The first-order chi connectivity index (χ1) is 5.55. The summed E-state index contributed by atoms with van der Waals surface area (Å²) in [4.78, 5) is 10.3. The van der Waals surface area contributed by atoms with Gasteiger partial charge in [-0.3, -0.25) is 0 Å². The molecule has 0 aliphatic rings. The molecule has 5 heteroatoms. The smallest absolute Gasteiger partial charge is 0.424 e. The lowest BCUT2D eigenvalue weighted by molar-refractivity contribution is -0.196. The molecule has 0 unspecified atom stereocenters. The monoisotopic (exact) mass is 196 g/mol. The van der Waals surface area contributed by atoms with Crippen molar-refractivity contribution in [3.8, 4) is 0 Å². The molecule has 2 nitrogen and oxygen atoms in total. The summed E-state index contributed by atoms with van der Waals surface area (Å²) in [5.41, 5.74) is -0.680. The molecule has 0 fully saturated rings. The molecule has 0 aromatic carbocycles. The summed E-state index contributed by atoms with van der Waals surface area (Å²) in [6.45, 7) is 8.03. The molecule has 0 radical (unpaired) electrons. The molecule has 0 aromatic heterocycles. The third-order valence-electron chi connectivity index (χ3n) is 1.28. The van der Waals surface area contributed by atoms with Crippen LogP contribution in [-0.4, -0.2) is 12.1 Å². The summed E-state index contributed by atoms with van der Waals surface area (Å²) in [6, 6.07) is 0. The summed E-state index contributed by atoms with van der Waals surface area (Å²) in [6.07, 6.45) is -4.96. The average molecular weight is 196 g/mol. The van der Waals surface area contributed by atoms with E-state index in [0.717, 1.165) is 0 Å². The summed E-state index contributed by atoms with van der Waals surface area (Å²) in [5, 5.41) is 0. The summed E-state index contributed by atoms with van der Waals surface area (Å²) in [5.74, 6) is -2.43. The van der Waals surface area contributed by atoms with Gasteiger partial charge in [-0.05, 0) is 0 Å². The minimum Gasteiger partial charge on any atom is -0.424 e. The molecular weight excluding hydrogens is 185 g/mol. The van der Waals surface area contributed by atoms with Crippen LogP contribution in [0.3, 0.4) is 0 Å². The van der Waals surface area contributed by atoms with Crippen molar-refractivity contribution in [2.75, 3.05) is 0 Å². The van der Waals surface area contributed by atoms with Crippen LogP contribution in [0.2, 0.25) is 0 Å². The Bertz CT molecular complexity index is 199. The second-order valence-corrected chi connectivity index (χ2v) is 3.56. The van der Waals surface area contributed by atoms with Crippen molar-refractivity contribution >= 4 is 5.97 Å². The Balaban J connectivity index is 4.34. The minimum absolute atomic E-state index is 0.199. The Morgan fingerprint density at radius 2 is 1.62 bits per heavy atom. The fourth-order valence-electron chi connectivity index (χ4n) is 0.323. The van der Waals surface area contributed by atoms with Crippen molar-refractivity contribution in [2.24, 2.45) is 5.41 Å². The highest BCUT2D eigenvalue weighted by molar-refractivity contribution is 5.76. The van der Waals surface area contributed by atoms with Gasteiger partial charge in [-0.2, -0.15) is 13.2 Å². The molecule has 0 N–H and O–H groups in total. The van der Waals surface area contributed by atoms with Gasteiger partial charge >= 0.3 is 12.1 Å². The maximum absolute atomic E-state index is 11.7. The van der Waals surface area contributed by atoms with Crippen LogP contribution in [-0.2, 0) is 9.53 Å². The number of alkyl halides is 3. The van der Waals surface area contributed by atoms with Gasteiger partial charge in [0, 0.05) is 5.41 Å². The molecule has 0 aromatic rings. The third-order valence-corrected chi connectivity index (χ3v) is 1.28. The first-order valence-electron chi connectivity index (χ1n) is 3.53. The van der Waals surface area contributed by atoms with Crippen molar-refractivity contribution in [3.63, 3.8) is 0 Å². The van der Waals surface area contributed by atoms with Crippen molar-refractivity contribution < 1.29 is 22.7 Å². The van der Waals surface area contributed by atoms with E-state index in [4.69, 9.17) is 0 Å². The molecule has 0 saturated carbocycles. The number of hydrogen-bond donors (Lipinski definition) is 0. The van der Waals surface area contributed by atoms with E-state index in [1.165, 1.54) is 0 Å². The van der Waals surface area contributed by atoms with Crippen LogP contribution in [0, 0.1) is 5.41 Å². The Labute approximate surface area is 74.4 Å². The van der Waals surface area contributed by atoms with Gasteiger partial charge < -0.3 is 4.74 Å². The lowest BCUT2D eigenvalue weighted by atomic mass is 9.95. The number of halogens is 3. The van der Waals surface area contributed by atoms with Gasteiger partial charge in [0.1, 0.15) is 5.76 Å². The zero-order valence-electron chi connectivity index (χ0n) is 7.66. The van der Waals surface area contributed by atoms with E-state index in [-0.39, 0.29) is 5.76 Å². The molecule has 76 valence electrons. The van der Waals surface area contributed by atoms with Crippen LogP contribution in [0.15, 0.2) is 12.3 Å². The van der Waals surface area contributed by atoms with Crippen LogP contribution < -0.4 is 0 Å². The van der Waals surface area contributed by atoms with Crippen LogP contribution in [0.25, 0.3) is 0 Å². The highest BCUT2D eigenvalue weighted by Crippen LogP contribution is 2.27. The molecule has 0 rings (SSSR count). The van der Waals surface area contributed by atoms with Crippen molar-refractivity contribution in [1.82, 2.24) is 0 Å². The Hall–Kier alpha value is -1.00. The molecular formula is C8H11F3O2. The Kier molecular flexibility index (Phi) is 3.13. The number of esters is 1. The van der Waals surface area contributed by atoms with E-state index in [2.05, 4.69) is 11.3 Å². The van der Waals surface area contributed by atoms with Gasteiger partial charge in [0.2, 0.25) is 0 Å². The van der Waals surface area contributed by atoms with Crippen LogP contribution in [0.5, 0.6) is 0 Å². The lowest BCUT2D eigenvalue weighted by Crippen LogP contribution is -2.27. The number of ether oxygens (including phenoxy) is 1. The maximum atomic E-state index is 11.7. The molecule has 0 amide bonds. The van der Waals surface area contributed by atoms with Crippen LogP contribution in [0.4, 0.5) is 13.2 Å². The second kappa shape index (κ2) is 3.40. The number of allylic oxidation sites excluding steroid dienone is 1. The van der Waals surface area contributed by atoms with Gasteiger partial charge in [-0.15, -0.1) is 0 Å². The van der Waals surface area contributed by atoms with Gasteiger partial charge in [0.15, 0.2) is 0 Å². The molecule has 0 aliphatic heterocycles. The van der Waals surface area contributed by atoms with E-state index in [0.29, 0.717) is 0 Å².